The van der Waals surface area contributed by atoms with E-state index in [0.717, 1.165) is 16.7 Å². The van der Waals surface area contributed by atoms with Gasteiger partial charge in [0.2, 0.25) is 5.91 Å². The third-order valence-electron chi connectivity index (χ3n) is 5.64. The molecule has 0 aliphatic carbocycles. The summed E-state index contributed by atoms with van der Waals surface area (Å²) in [5, 5.41) is 10.6. The van der Waals surface area contributed by atoms with Gasteiger partial charge in [-0.15, -0.1) is 0 Å². The Morgan fingerprint density at radius 3 is 2.17 bits per heavy atom. The number of nitrogens with zero attached hydrogens (tertiary/aromatic N) is 3. The SMILES string of the molecule is CC(C)(O)C(C(=O)N1CC(=C2CN(S(=O)(=O)c3ccccn3)C2)C1)c1ccccc1. The maximum Gasteiger partial charge on any atom is 0.261 e. The maximum atomic E-state index is 13.1. The average molecular weight is 428 g/mol. The summed E-state index contributed by atoms with van der Waals surface area (Å²) in [7, 11) is -3.58. The summed E-state index contributed by atoms with van der Waals surface area (Å²) in [6.45, 7) is 4.92. The number of sulfonamides is 1. The van der Waals surface area contributed by atoms with E-state index in [0.29, 0.717) is 26.2 Å². The van der Waals surface area contributed by atoms with Crippen molar-refractivity contribution in [2.45, 2.75) is 30.4 Å². The quantitative estimate of drug-likeness (QED) is 0.735. The second-order valence-electron chi connectivity index (χ2n) is 8.34. The molecule has 0 spiro atoms. The van der Waals surface area contributed by atoms with Crippen molar-refractivity contribution in [3.8, 4) is 0 Å². The molecule has 4 rings (SSSR count). The van der Waals surface area contributed by atoms with E-state index >= 15 is 0 Å². The minimum absolute atomic E-state index is 0.0512. The van der Waals surface area contributed by atoms with Crippen LogP contribution < -0.4 is 0 Å². The lowest BCUT2D eigenvalue weighted by molar-refractivity contribution is -0.139. The molecule has 2 aliphatic rings. The van der Waals surface area contributed by atoms with E-state index in [4.69, 9.17) is 0 Å². The van der Waals surface area contributed by atoms with Gasteiger partial charge in [-0.05, 0) is 42.7 Å². The zero-order valence-corrected chi connectivity index (χ0v) is 17.8. The molecule has 8 heteroatoms. The molecule has 0 saturated carbocycles. The number of hydrogen-bond donors (Lipinski definition) is 1. The summed E-state index contributed by atoms with van der Waals surface area (Å²) in [5.41, 5.74) is 1.74. The van der Waals surface area contributed by atoms with Crippen molar-refractivity contribution in [1.29, 1.82) is 0 Å². The highest BCUT2D eigenvalue weighted by Crippen LogP contribution is 2.35. The average Bonchev–Trinajstić information content (AvgIpc) is 2.62. The van der Waals surface area contributed by atoms with Crippen LogP contribution in [0.3, 0.4) is 0 Å². The third-order valence-corrected chi connectivity index (χ3v) is 7.35. The molecule has 3 heterocycles. The van der Waals surface area contributed by atoms with Gasteiger partial charge >= 0.3 is 0 Å². The molecule has 2 fully saturated rings. The molecular formula is C22H25N3O4S. The van der Waals surface area contributed by atoms with Gasteiger partial charge in [-0.3, -0.25) is 4.79 Å². The van der Waals surface area contributed by atoms with Crippen molar-refractivity contribution in [2.75, 3.05) is 26.2 Å². The summed E-state index contributed by atoms with van der Waals surface area (Å²) >= 11 is 0. The summed E-state index contributed by atoms with van der Waals surface area (Å²) in [4.78, 5) is 18.7. The number of carbonyl (C=O) groups excluding carboxylic acids is 1. The molecule has 158 valence electrons. The fourth-order valence-electron chi connectivity index (χ4n) is 3.88. The zero-order chi connectivity index (χ0) is 21.5. The smallest absolute Gasteiger partial charge is 0.261 e. The molecule has 1 atom stereocenters. The molecule has 2 saturated heterocycles. The van der Waals surface area contributed by atoms with Crippen LogP contribution in [0.25, 0.3) is 0 Å². The lowest BCUT2D eigenvalue weighted by atomic mass is 9.82. The molecule has 1 N–H and O–H groups in total. The molecule has 30 heavy (non-hydrogen) atoms. The van der Waals surface area contributed by atoms with Crippen LogP contribution in [0, 0.1) is 0 Å². The summed E-state index contributed by atoms with van der Waals surface area (Å²) in [6, 6.07) is 14.1. The maximum absolute atomic E-state index is 13.1. The van der Waals surface area contributed by atoms with Gasteiger partial charge in [0, 0.05) is 32.4 Å². The van der Waals surface area contributed by atoms with Crippen molar-refractivity contribution in [3.63, 3.8) is 0 Å². The summed E-state index contributed by atoms with van der Waals surface area (Å²) in [6.07, 6.45) is 1.47. The van der Waals surface area contributed by atoms with Crippen LogP contribution >= 0.6 is 0 Å². The van der Waals surface area contributed by atoms with E-state index in [1.807, 2.05) is 30.3 Å². The van der Waals surface area contributed by atoms with Gasteiger partial charge in [-0.1, -0.05) is 36.4 Å². The van der Waals surface area contributed by atoms with Crippen LogP contribution in [0.1, 0.15) is 25.3 Å². The van der Waals surface area contributed by atoms with E-state index in [2.05, 4.69) is 4.98 Å². The van der Waals surface area contributed by atoms with Gasteiger partial charge in [0.1, 0.15) is 0 Å². The first-order valence-corrected chi connectivity index (χ1v) is 11.3. The van der Waals surface area contributed by atoms with Gasteiger partial charge in [0.05, 0.1) is 11.5 Å². The molecule has 0 bridgehead atoms. The highest BCUT2D eigenvalue weighted by atomic mass is 32.2. The molecule has 1 unspecified atom stereocenters. The number of amides is 1. The van der Waals surface area contributed by atoms with Gasteiger partial charge < -0.3 is 10.0 Å². The van der Waals surface area contributed by atoms with Crippen LogP contribution in [0.5, 0.6) is 0 Å². The Kier molecular flexibility index (Phi) is 5.25. The molecule has 0 radical (unpaired) electrons. The monoisotopic (exact) mass is 427 g/mol. The molecule has 1 aromatic carbocycles. The Morgan fingerprint density at radius 1 is 1.00 bits per heavy atom. The van der Waals surface area contributed by atoms with E-state index in [9.17, 15) is 18.3 Å². The molecular weight excluding hydrogens is 402 g/mol. The number of carbonyl (C=O) groups is 1. The number of hydrogen-bond acceptors (Lipinski definition) is 5. The Hall–Kier alpha value is -2.55. The fourth-order valence-corrected chi connectivity index (χ4v) is 5.24. The molecule has 2 aliphatic heterocycles. The van der Waals surface area contributed by atoms with Crippen molar-refractivity contribution in [1.82, 2.24) is 14.2 Å². The van der Waals surface area contributed by atoms with Crippen molar-refractivity contribution >= 4 is 15.9 Å². The van der Waals surface area contributed by atoms with Crippen LogP contribution in [0.15, 0.2) is 70.9 Å². The number of aromatic nitrogens is 1. The van der Waals surface area contributed by atoms with E-state index in [1.165, 1.54) is 16.6 Å². The summed E-state index contributed by atoms with van der Waals surface area (Å²) < 4.78 is 26.5. The van der Waals surface area contributed by atoms with Gasteiger partial charge in [0.15, 0.2) is 5.03 Å². The second-order valence-corrected chi connectivity index (χ2v) is 10.2. The number of rotatable bonds is 5. The number of aliphatic hydroxyl groups is 1. The first kappa shape index (κ1) is 20.7. The third kappa shape index (κ3) is 3.78. The van der Waals surface area contributed by atoms with E-state index in [-0.39, 0.29) is 10.9 Å². The highest BCUT2D eigenvalue weighted by Gasteiger charge is 2.42. The fraction of sp³-hybridized carbons (Fsp3) is 0.364. The predicted octanol–water partition coefficient (Wildman–Crippen LogP) is 1.78. The number of benzene rings is 1. The van der Waals surface area contributed by atoms with Crippen molar-refractivity contribution in [3.05, 3.63) is 71.4 Å². The van der Waals surface area contributed by atoms with E-state index < -0.39 is 21.5 Å². The van der Waals surface area contributed by atoms with Crippen LogP contribution in [0.4, 0.5) is 0 Å². The Labute approximate surface area is 176 Å². The molecule has 1 amide bonds. The molecule has 2 aromatic rings. The Morgan fingerprint density at radius 2 is 1.60 bits per heavy atom. The lowest BCUT2D eigenvalue weighted by Gasteiger charge is -2.44. The highest BCUT2D eigenvalue weighted by molar-refractivity contribution is 7.89. The number of pyridine rings is 1. The Balaban J connectivity index is 1.41. The first-order valence-electron chi connectivity index (χ1n) is 9.85. The van der Waals surface area contributed by atoms with Gasteiger partial charge in [0.25, 0.3) is 10.0 Å². The van der Waals surface area contributed by atoms with Crippen molar-refractivity contribution in [2.24, 2.45) is 0 Å². The zero-order valence-electron chi connectivity index (χ0n) is 17.0. The predicted molar refractivity (Wildman–Crippen MR) is 112 cm³/mol. The van der Waals surface area contributed by atoms with Crippen LogP contribution in [-0.4, -0.2) is 65.4 Å². The standard InChI is InChI=1S/C22H25N3O4S/c1-22(2,27)20(16-8-4-3-5-9-16)21(26)24-12-17(13-24)18-14-25(15-18)30(28,29)19-10-6-7-11-23-19/h3-11,20,27H,12-15H2,1-2H3. The minimum atomic E-state index is -3.58. The Bertz CT molecular complexity index is 1060. The van der Waals surface area contributed by atoms with Gasteiger partial charge in [-0.2, -0.15) is 4.31 Å². The molecule has 1 aromatic heterocycles. The topological polar surface area (TPSA) is 90.8 Å². The molecule has 7 nitrogen and oxygen atoms in total. The van der Waals surface area contributed by atoms with E-state index in [1.54, 1.807) is 30.9 Å². The minimum Gasteiger partial charge on any atom is -0.389 e. The van der Waals surface area contributed by atoms with Crippen LogP contribution in [-0.2, 0) is 14.8 Å². The van der Waals surface area contributed by atoms with Gasteiger partial charge in [-0.25, -0.2) is 13.4 Å². The second kappa shape index (κ2) is 7.61. The van der Waals surface area contributed by atoms with Crippen molar-refractivity contribution < 1.29 is 18.3 Å². The summed E-state index contributed by atoms with van der Waals surface area (Å²) in [5.74, 6) is -0.761. The lowest BCUT2D eigenvalue weighted by Crippen LogP contribution is -2.54. The largest absolute Gasteiger partial charge is 0.389 e. The number of likely N-dealkylation sites (tertiary alicyclic amines) is 1. The first-order chi connectivity index (χ1) is 14.2. The normalized spacial score (nSPS) is 18.6. The van der Waals surface area contributed by atoms with Crippen LogP contribution in [0.2, 0.25) is 0 Å².